The van der Waals surface area contributed by atoms with Crippen LogP contribution in [0, 0.1) is 0 Å². The van der Waals surface area contributed by atoms with Crippen LogP contribution in [0.5, 0.6) is 0 Å². The van der Waals surface area contributed by atoms with Gasteiger partial charge in [0.1, 0.15) is 11.5 Å². The average Bonchev–Trinajstić information content (AvgIpc) is 2.36. The predicted octanol–water partition coefficient (Wildman–Crippen LogP) is 1.71. The van der Waals surface area contributed by atoms with Crippen LogP contribution in [0.1, 0.15) is 0 Å². The Morgan fingerprint density at radius 2 is 2.20 bits per heavy atom. The van der Waals surface area contributed by atoms with Crippen LogP contribution in [0.4, 0.5) is 0 Å². The molecule has 0 amide bonds. The minimum atomic E-state index is 0.529. The Balaban J connectivity index is 2.95. The zero-order valence-corrected chi connectivity index (χ0v) is 6.63. The maximum Gasteiger partial charge on any atom is 0.168 e. The molecule has 0 fully saturated rings. The zero-order chi connectivity index (χ0) is 6.97. The van der Waals surface area contributed by atoms with Gasteiger partial charge in [0, 0.05) is 5.93 Å². The fourth-order valence-electron chi connectivity index (χ4n) is 0.736. The summed E-state index contributed by atoms with van der Waals surface area (Å²) in [5, 5.41) is 1.49. The summed E-state index contributed by atoms with van der Waals surface area (Å²) in [6.07, 6.45) is 1.42. The molecule has 0 bridgehead atoms. The van der Waals surface area contributed by atoms with Gasteiger partial charge in [-0.3, -0.25) is 0 Å². The van der Waals surface area contributed by atoms with Gasteiger partial charge in [-0.05, 0) is 0 Å². The maximum atomic E-state index is 5.75. The van der Waals surface area contributed by atoms with E-state index in [4.69, 9.17) is 11.6 Å². The van der Waals surface area contributed by atoms with E-state index >= 15 is 0 Å². The molecular formula is C5H3ClN3P. The lowest BCUT2D eigenvalue weighted by atomic mass is 10.6. The Bertz CT molecular complexity index is 358. The third-order valence-corrected chi connectivity index (χ3v) is 2.63. The van der Waals surface area contributed by atoms with Gasteiger partial charge in [0.15, 0.2) is 5.65 Å². The van der Waals surface area contributed by atoms with Gasteiger partial charge < -0.3 is 0 Å². The lowest BCUT2D eigenvalue weighted by molar-refractivity contribution is 1.20. The molecule has 2 aromatic heterocycles. The first-order valence-electron chi connectivity index (χ1n) is 2.67. The molecule has 0 radical (unpaired) electrons. The molecule has 1 unspecified atom stereocenters. The standard InChI is InChI=1S/C5H3ClN3P/c6-4-3-5(8-1-7-4)9-2-10-3/h1-2,10H. The zero-order valence-electron chi connectivity index (χ0n) is 4.87. The normalized spacial score (nSPS) is 11.3. The summed E-state index contributed by atoms with van der Waals surface area (Å²) in [6, 6.07) is 0. The number of rotatable bonds is 0. The van der Waals surface area contributed by atoms with Crippen LogP contribution in [0.3, 0.4) is 0 Å². The van der Waals surface area contributed by atoms with Crippen LogP contribution in [-0.4, -0.2) is 15.0 Å². The highest BCUT2D eigenvalue weighted by atomic mass is 35.5. The molecule has 5 heteroatoms. The van der Waals surface area contributed by atoms with Crippen molar-refractivity contribution in [2.75, 3.05) is 0 Å². The summed E-state index contributed by atoms with van der Waals surface area (Å²) in [4.78, 5) is 11.8. The van der Waals surface area contributed by atoms with Gasteiger partial charge in [0.05, 0.1) is 5.12 Å². The van der Waals surface area contributed by atoms with Gasteiger partial charge in [-0.1, -0.05) is 11.6 Å². The minimum absolute atomic E-state index is 0.529. The van der Waals surface area contributed by atoms with E-state index in [1.807, 2.05) is 5.93 Å². The summed E-state index contributed by atoms with van der Waals surface area (Å²) >= 11 is 5.75. The fraction of sp³-hybridized carbons (Fsp3) is 0. The lowest BCUT2D eigenvalue weighted by Crippen LogP contribution is -1.78. The van der Waals surface area contributed by atoms with E-state index in [0.29, 0.717) is 13.3 Å². The van der Waals surface area contributed by atoms with E-state index in [1.54, 1.807) is 0 Å². The van der Waals surface area contributed by atoms with Crippen molar-refractivity contribution < 1.29 is 0 Å². The quantitative estimate of drug-likeness (QED) is 0.567. The largest absolute Gasteiger partial charge is 0.232 e. The van der Waals surface area contributed by atoms with Crippen LogP contribution in [-0.2, 0) is 0 Å². The van der Waals surface area contributed by atoms with Crippen molar-refractivity contribution in [3.8, 4) is 0 Å². The van der Waals surface area contributed by atoms with Crippen LogP contribution in [0.2, 0.25) is 5.15 Å². The van der Waals surface area contributed by atoms with Crippen molar-refractivity contribution >= 4 is 30.6 Å². The molecule has 0 spiro atoms. The van der Waals surface area contributed by atoms with Gasteiger partial charge >= 0.3 is 0 Å². The smallest absolute Gasteiger partial charge is 0.168 e. The van der Waals surface area contributed by atoms with Crippen molar-refractivity contribution in [3.05, 3.63) is 17.4 Å². The molecule has 0 aliphatic rings. The maximum absolute atomic E-state index is 5.75. The van der Waals surface area contributed by atoms with Crippen molar-refractivity contribution in [2.24, 2.45) is 0 Å². The number of hydrogen-bond donors (Lipinski definition) is 0. The summed E-state index contributed by atoms with van der Waals surface area (Å²) < 4.78 is 0. The second-order valence-corrected chi connectivity index (χ2v) is 3.17. The third-order valence-electron chi connectivity index (χ3n) is 1.18. The van der Waals surface area contributed by atoms with E-state index in [0.717, 1.165) is 10.8 Å². The third kappa shape index (κ3) is 0.789. The molecule has 2 heterocycles. The van der Waals surface area contributed by atoms with E-state index in [9.17, 15) is 0 Å². The van der Waals surface area contributed by atoms with Crippen LogP contribution >= 0.6 is 19.8 Å². The lowest BCUT2D eigenvalue weighted by Gasteiger charge is -1.87. The predicted molar refractivity (Wildman–Crippen MR) is 41.8 cm³/mol. The average molecular weight is 172 g/mol. The van der Waals surface area contributed by atoms with Crippen LogP contribution < -0.4 is 0 Å². The molecule has 0 aromatic carbocycles. The van der Waals surface area contributed by atoms with E-state index < -0.39 is 0 Å². The van der Waals surface area contributed by atoms with Crippen molar-refractivity contribution in [3.63, 3.8) is 0 Å². The minimum Gasteiger partial charge on any atom is -0.232 e. The van der Waals surface area contributed by atoms with Crippen molar-refractivity contribution in [2.45, 2.75) is 0 Å². The molecule has 10 heavy (non-hydrogen) atoms. The van der Waals surface area contributed by atoms with Gasteiger partial charge in [-0.15, -0.1) is 8.19 Å². The molecule has 0 aliphatic carbocycles. The second kappa shape index (κ2) is 2.19. The first-order valence-corrected chi connectivity index (χ1v) is 4.13. The molecule has 1 atom stereocenters. The molecule has 2 aromatic rings. The molecule has 3 nitrogen and oxygen atoms in total. The van der Waals surface area contributed by atoms with Gasteiger partial charge in [-0.25, -0.2) is 15.0 Å². The van der Waals surface area contributed by atoms with Crippen LogP contribution in [0.25, 0.3) is 10.8 Å². The Hall–Kier alpha value is -0.660. The van der Waals surface area contributed by atoms with Crippen molar-refractivity contribution in [1.29, 1.82) is 0 Å². The van der Waals surface area contributed by atoms with E-state index in [-0.39, 0.29) is 0 Å². The number of nitrogens with zero attached hydrogens (tertiary/aromatic N) is 3. The monoisotopic (exact) mass is 171 g/mol. The van der Waals surface area contributed by atoms with Gasteiger partial charge in [-0.2, -0.15) is 0 Å². The highest BCUT2D eigenvalue weighted by Gasteiger charge is 1.99. The molecule has 50 valence electrons. The molecule has 0 saturated carbocycles. The topological polar surface area (TPSA) is 38.7 Å². The Labute approximate surface area is 63.6 Å². The molecule has 2 rings (SSSR count). The Morgan fingerprint density at radius 3 is 3.00 bits per heavy atom. The van der Waals surface area contributed by atoms with Gasteiger partial charge in [0.25, 0.3) is 0 Å². The Morgan fingerprint density at radius 1 is 1.30 bits per heavy atom. The fourth-order valence-corrected chi connectivity index (χ4v) is 1.79. The summed E-state index contributed by atoms with van der Waals surface area (Å²) in [7, 11) is 0.530. The van der Waals surface area contributed by atoms with E-state index in [1.165, 1.54) is 6.33 Å². The number of hydrogen-bond acceptors (Lipinski definition) is 3. The van der Waals surface area contributed by atoms with E-state index in [2.05, 4.69) is 15.0 Å². The number of halogens is 1. The van der Waals surface area contributed by atoms with Crippen molar-refractivity contribution in [1.82, 2.24) is 15.0 Å². The molecule has 0 aliphatic heterocycles. The molecular weight excluding hydrogens is 169 g/mol. The highest BCUT2D eigenvalue weighted by molar-refractivity contribution is 7.36. The second-order valence-electron chi connectivity index (χ2n) is 1.77. The number of aromatic nitrogens is 3. The summed E-state index contributed by atoms with van der Waals surface area (Å²) in [6.45, 7) is 0. The molecule has 0 saturated heterocycles. The SMILES string of the molecule is Clc1ncnc2nc[pH]c12. The Kier molecular flexibility index (Phi) is 1.33. The summed E-state index contributed by atoms with van der Waals surface area (Å²) in [5.74, 6) is 1.81. The first kappa shape index (κ1) is 6.08. The highest BCUT2D eigenvalue weighted by Crippen LogP contribution is 2.25. The molecule has 0 N–H and O–H groups in total. The van der Waals surface area contributed by atoms with Gasteiger partial charge in [0.2, 0.25) is 0 Å². The summed E-state index contributed by atoms with van der Waals surface area (Å²) in [5.41, 5.74) is 0.721. The first-order chi connectivity index (χ1) is 4.88. The van der Waals surface area contributed by atoms with Crippen LogP contribution in [0.15, 0.2) is 12.3 Å². The number of fused-ring (bicyclic) bond motifs is 1.